The fourth-order valence-corrected chi connectivity index (χ4v) is 4.42. The first-order chi connectivity index (χ1) is 14.5. The predicted octanol–water partition coefficient (Wildman–Crippen LogP) is 3.62. The van der Waals surface area contributed by atoms with Crippen LogP contribution in [-0.4, -0.2) is 56.8 Å². The second-order valence-electron chi connectivity index (χ2n) is 7.12. The van der Waals surface area contributed by atoms with E-state index in [1.54, 1.807) is 37.9 Å². The SMILES string of the molecule is COc1ccc(CCN(C)C(=O)CCC(=O)N2CCSc3ccccc32)cc1OC. The number of para-hydroxylation sites is 1. The second-order valence-corrected chi connectivity index (χ2v) is 8.25. The molecule has 2 amide bonds. The number of methoxy groups -OCH3 is 2. The van der Waals surface area contributed by atoms with Gasteiger partial charge in [0.2, 0.25) is 11.8 Å². The van der Waals surface area contributed by atoms with Crippen molar-refractivity contribution < 1.29 is 19.1 Å². The highest BCUT2D eigenvalue weighted by molar-refractivity contribution is 7.99. The van der Waals surface area contributed by atoms with Gasteiger partial charge in [0, 0.05) is 43.6 Å². The van der Waals surface area contributed by atoms with E-state index in [1.807, 2.05) is 47.4 Å². The fourth-order valence-electron chi connectivity index (χ4n) is 3.43. The molecular weight excluding hydrogens is 400 g/mol. The van der Waals surface area contributed by atoms with Crippen LogP contribution in [0.4, 0.5) is 5.69 Å². The first kappa shape index (κ1) is 22.0. The van der Waals surface area contributed by atoms with E-state index in [-0.39, 0.29) is 24.7 Å². The number of nitrogens with zero attached hydrogens (tertiary/aromatic N) is 2. The zero-order valence-electron chi connectivity index (χ0n) is 17.7. The Labute approximate surface area is 182 Å². The maximum absolute atomic E-state index is 12.7. The van der Waals surface area contributed by atoms with Crippen LogP contribution in [0.3, 0.4) is 0 Å². The smallest absolute Gasteiger partial charge is 0.227 e. The summed E-state index contributed by atoms with van der Waals surface area (Å²) >= 11 is 1.76. The van der Waals surface area contributed by atoms with E-state index >= 15 is 0 Å². The molecule has 0 saturated carbocycles. The maximum atomic E-state index is 12.7. The Morgan fingerprint density at radius 3 is 2.60 bits per heavy atom. The molecule has 0 spiro atoms. The monoisotopic (exact) mass is 428 g/mol. The van der Waals surface area contributed by atoms with E-state index in [9.17, 15) is 9.59 Å². The summed E-state index contributed by atoms with van der Waals surface area (Å²) in [5.41, 5.74) is 2.01. The Kier molecular flexibility index (Phi) is 7.63. The van der Waals surface area contributed by atoms with Crippen LogP contribution in [-0.2, 0) is 16.0 Å². The molecule has 0 bridgehead atoms. The van der Waals surface area contributed by atoms with Gasteiger partial charge in [-0.05, 0) is 36.2 Å². The Bertz CT molecular complexity index is 903. The number of carbonyl (C=O) groups is 2. The number of likely N-dealkylation sites (N-methyl/N-ethyl adjacent to an activating group) is 1. The largest absolute Gasteiger partial charge is 0.493 e. The summed E-state index contributed by atoms with van der Waals surface area (Å²) in [4.78, 5) is 29.9. The van der Waals surface area contributed by atoms with Crippen molar-refractivity contribution in [2.24, 2.45) is 0 Å². The minimum atomic E-state index is -0.0245. The third-order valence-corrected chi connectivity index (χ3v) is 6.23. The van der Waals surface area contributed by atoms with Crippen molar-refractivity contribution in [1.29, 1.82) is 0 Å². The Hall–Kier alpha value is -2.67. The molecular formula is C23H28N2O4S. The van der Waals surface area contributed by atoms with Crippen LogP contribution in [0.15, 0.2) is 47.4 Å². The van der Waals surface area contributed by atoms with Gasteiger partial charge >= 0.3 is 0 Å². The van der Waals surface area contributed by atoms with Crippen LogP contribution >= 0.6 is 11.8 Å². The molecule has 0 N–H and O–H groups in total. The molecule has 6 nitrogen and oxygen atoms in total. The van der Waals surface area contributed by atoms with Crippen molar-refractivity contribution in [3.8, 4) is 11.5 Å². The van der Waals surface area contributed by atoms with Crippen molar-refractivity contribution >= 4 is 29.3 Å². The number of anilines is 1. The highest BCUT2D eigenvalue weighted by atomic mass is 32.2. The number of hydrogen-bond acceptors (Lipinski definition) is 5. The molecule has 0 aliphatic carbocycles. The molecule has 7 heteroatoms. The van der Waals surface area contributed by atoms with Crippen LogP contribution in [0.5, 0.6) is 11.5 Å². The minimum Gasteiger partial charge on any atom is -0.493 e. The number of hydrogen-bond donors (Lipinski definition) is 0. The molecule has 2 aromatic rings. The first-order valence-electron chi connectivity index (χ1n) is 10.0. The van der Waals surface area contributed by atoms with Gasteiger partial charge in [0.15, 0.2) is 11.5 Å². The van der Waals surface area contributed by atoms with Crippen molar-refractivity contribution in [2.45, 2.75) is 24.2 Å². The van der Waals surface area contributed by atoms with E-state index in [0.29, 0.717) is 31.0 Å². The molecule has 160 valence electrons. The molecule has 0 fully saturated rings. The van der Waals surface area contributed by atoms with Crippen molar-refractivity contribution in [2.75, 3.05) is 45.0 Å². The average Bonchev–Trinajstić information content (AvgIpc) is 2.79. The minimum absolute atomic E-state index is 0.00407. The van der Waals surface area contributed by atoms with E-state index in [2.05, 4.69) is 0 Å². The topological polar surface area (TPSA) is 59.1 Å². The average molecular weight is 429 g/mol. The van der Waals surface area contributed by atoms with Gasteiger partial charge in [0.1, 0.15) is 0 Å². The molecule has 30 heavy (non-hydrogen) atoms. The third kappa shape index (κ3) is 5.27. The van der Waals surface area contributed by atoms with E-state index in [0.717, 1.165) is 21.9 Å². The van der Waals surface area contributed by atoms with Crippen LogP contribution in [0.1, 0.15) is 18.4 Å². The van der Waals surface area contributed by atoms with Gasteiger partial charge in [-0.3, -0.25) is 9.59 Å². The lowest BCUT2D eigenvalue weighted by Gasteiger charge is -2.29. The number of thioether (sulfide) groups is 1. The van der Waals surface area contributed by atoms with Gasteiger partial charge in [-0.1, -0.05) is 18.2 Å². The van der Waals surface area contributed by atoms with Gasteiger partial charge in [0.25, 0.3) is 0 Å². The van der Waals surface area contributed by atoms with Gasteiger partial charge in [0.05, 0.1) is 19.9 Å². The lowest BCUT2D eigenvalue weighted by Crippen LogP contribution is -2.36. The maximum Gasteiger partial charge on any atom is 0.227 e. The summed E-state index contributed by atoms with van der Waals surface area (Å²) < 4.78 is 10.6. The number of rotatable bonds is 8. The summed E-state index contributed by atoms with van der Waals surface area (Å²) in [7, 11) is 4.99. The van der Waals surface area contributed by atoms with Crippen LogP contribution < -0.4 is 14.4 Å². The van der Waals surface area contributed by atoms with Crippen LogP contribution in [0, 0.1) is 0 Å². The molecule has 1 aliphatic rings. The summed E-state index contributed by atoms with van der Waals surface area (Å²) in [5, 5.41) is 0. The van der Waals surface area contributed by atoms with Gasteiger partial charge in [-0.2, -0.15) is 0 Å². The number of carbonyl (C=O) groups excluding carboxylic acids is 2. The zero-order chi connectivity index (χ0) is 21.5. The summed E-state index contributed by atoms with van der Waals surface area (Å²) in [6.45, 7) is 1.26. The Morgan fingerprint density at radius 1 is 1.07 bits per heavy atom. The summed E-state index contributed by atoms with van der Waals surface area (Å²) in [5.74, 6) is 2.21. The molecule has 0 radical (unpaired) electrons. The normalized spacial score (nSPS) is 12.8. The van der Waals surface area contributed by atoms with Crippen molar-refractivity contribution in [3.63, 3.8) is 0 Å². The molecule has 0 unspecified atom stereocenters. The fraction of sp³-hybridized carbons (Fsp3) is 0.391. The number of benzene rings is 2. The molecule has 0 aromatic heterocycles. The van der Waals surface area contributed by atoms with Gasteiger partial charge in [-0.15, -0.1) is 11.8 Å². The number of ether oxygens (including phenoxy) is 2. The lowest BCUT2D eigenvalue weighted by atomic mass is 10.1. The standard InChI is InChI=1S/C23H28N2O4S/c1-24(13-12-17-8-9-19(28-2)20(16-17)29-3)22(26)10-11-23(27)25-14-15-30-21-7-5-4-6-18(21)25/h4-9,16H,10-15H2,1-3H3. The quantitative estimate of drug-likeness (QED) is 0.643. The Balaban J connectivity index is 1.50. The highest BCUT2D eigenvalue weighted by Gasteiger charge is 2.23. The van der Waals surface area contributed by atoms with Crippen molar-refractivity contribution in [1.82, 2.24) is 4.90 Å². The molecule has 3 rings (SSSR count). The van der Waals surface area contributed by atoms with E-state index in [1.165, 1.54) is 0 Å². The Morgan fingerprint density at radius 2 is 1.83 bits per heavy atom. The third-order valence-electron chi connectivity index (χ3n) is 5.19. The molecule has 1 heterocycles. The lowest BCUT2D eigenvalue weighted by molar-refractivity contribution is -0.132. The first-order valence-corrected chi connectivity index (χ1v) is 11.0. The second kappa shape index (κ2) is 10.4. The van der Waals surface area contributed by atoms with Crippen LogP contribution in [0.2, 0.25) is 0 Å². The van der Waals surface area contributed by atoms with Gasteiger partial charge < -0.3 is 19.3 Å². The molecule has 0 atom stereocenters. The number of amides is 2. The number of fused-ring (bicyclic) bond motifs is 1. The molecule has 0 saturated heterocycles. The van der Waals surface area contributed by atoms with E-state index < -0.39 is 0 Å². The highest BCUT2D eigenvalue weighted by Crippen LogP contribution is 2.34. The van der Waals surface area contributed by atoms with Gasteiger partial charge in [-0.25, -0.2) is 0 Å². The molecule has 1 aliphatic heterocycles. The summed E-state index contributed by atoms with van der Waals surface area (Å²) in [6, 6.07) is 13.7. The van der Waals surface area contributed by atoms with E-state index in [4.69, 9.17) is 9.47 Å². The van der Waals surface area contributed by atoms with Crippen molar-refractivity contribution in [3.05, 3.63) is 48.0 Å². The summed E-state index contributed by atoms with van der Waals surface area (Å²) in [6.07, 6.45) is 1.14. The van der Waals surface area contributed by atoms with Crippen LogP contribution in [0.25, 0.3) is 0 Å². The zero-order valence-corrected chi connectivity index (χ0v) is 18.5. The predicted molar refractivity (Wildman–Crippen MR) is 120 cm³/mol. The molecule has 2 aromatic carbocycles.